The van der Waals surface area contributed by atoms with E-state index in [9.17, 15) is 24.3 Å². The molecule has 0 aliphatic carbocycles. The van der Waals surface area contributed by atoms with Crippen LogP contribution in [-0.4, -0.2) is 86.7 Å². The van der Waals surface area contributed by atoms with Gasteiger partial charge in [-0.15, -0.1) is 0 Å². The summed E-state index contributed by atoms with van der Waals surface area (Å²) >= 11 is 0. The molecule has 0 aromatic heterocycles. The molecule has 0 amide bonds. The zero-order valence-corrected chi connectivity index (χ0v) is 18.2. The van der Waals surface area contributed by atoms with Gasteiger partial charge in [-0.2, -0.15) is 0 Å². The first-order valence-corrected chi connectivity index (χ1v) is 9.72. The SMILES string of the molecule is C=CCOC(=O)O[C@H]1[C@H](OC(=O)OCC=C)[C@@H](OC(=O)OCC=C)C(O)O[C@@H]1C(=O)OCC=C. The number of aliphatic hydroxyl groups excluding tert-OH is 1. The maximum absolute atomic E-state index is 12.5. The molecular formula is C21H26O13. The summed E-state index contributed by atoms with van der Waals surface area (Å²) in [5, 5.41) is 10.4. The van der Waals surface area contributed by atoms with Gasteiger partial charge >= 0.3 is 24.4 Å². The molecule has 1 aliphatic rings. The average molecular weight is 486 g/mol. The van der Waals surface area contributed by atoms with Crippen molar-refractivity contribution in [3.8, 4) is 0 Å². The van der Waals surface area contributed by atoms with Crippen LogP contribution in [0.1, 0.15) is 0 Å². The van der Waals surface area contributed by atoms with E-state index in [2.05, 4.69) is 31.1 Å². The molecule has 1 unspecified atom stereocenters. The topological polar surface area (TPSA) is 162 Å². The minimum atomic E-state index is -2.06. The minimum Gasteiger partial charge on any atom is -0.459 e. The quantitative estimate of drug-likeness (QED) is 0.240. The summed E-state index contributed by atoms with van der Waals surface area (Å²) in [7, 11) is 0. The Morgan fingerprint density at radius 3 is 1.47 bits per heavy atom. The van der Waals surface area contributed by atoms with Crippen LogP contribution < -0.4 is 0 Å². The number of esters is 1. The molecule has 5 atom stereocenters. The fourth-order valence-corrected chi connectivity index (χ4v) is 2.44. The van der Waals surface area contributed by atoms with Crippen LogP contribution in [0.4, 0.5) is 14.4 Å². The van der Waals surface area contributed by atoms with Crippen molar-refractivity contribution in [2.45, 2.75) is 30.7 Å². The van der Waals surface area contributed by atoms with Gasteiger partial charge in [-0.1, -0.05) is 50.6 Å². The first-order valence-electron chi connectivity index (χ1n) is 9.72. The van der Waals surface area contributed by atoms with Crippen molar-refractivity contribution in [1.82, 2.24) is 0 Å². The summed E-state index contributed by atoms with van der Waals surface area (Å²) in [6.45, 7) is 12.5. The van der Waals surface area contributed by atoms with E-state index in [0.717, 1.165) is 0 Å². The molecule has 1 heterocycles. The third-order valence-corrected chi connectivity index (χ3v) is 3.74. The highest BCUT2D eigenvalue weighted by Gasteiger charge is 2.55. The van der Waals surface area contributed by atoms with Crippen LogP contribution in [0.25, 0.3) is 0 Å². The van der Waals surface area contributed by atoms with Gasteiger partial charge in [-0.25, -0.2) is 19.2 Å². The molecule has 0 aromatic rings. The Morgan fingerprint density at radius 1 is 0.647 bits per heavy atom. The minimum absolute atomic E-state index is 0.250. The van der Waals surface area contributed by atoms with Crippen LogP contribution in [0.2, 0.25) is 0 Å². The fourth-order valence-electron chi connectivity index (χ4n) is 2.44. The summed E-state index contributed by atoms with van der Waals surface area (Å²) in [6, 6.07) is 0. The summed E-state index contributed by atoms with van der Waals surface area (Å²) < 4.78 is 39.4. The second-order valence-corrected chi connectivity index (χ2v) is 6.16. The third-order valence-electron chi connectivity index (χ3n) is 3.74. The van der Waals surface area contributed by atoms with Gasteiger partial charge < -0.3 is 43.0 Å². The van der Waals surface area contributed by atoms with Crippen LogP contribution in [0.3, 0.4) is 0 Å². The van der Waals surface area contributed by atoms with Crippen molar-refractivity contribution < 1.29 is 62.2 Å². The smallest absolute Gasteiger partial charge is 0.459 e. The van der Waals surface area contributed by atoms with E-state index in [-0.39, 0.29) is 26.4 Å². The Hall–Kier alpha value is -3.84. The lowest BCUT2D eigenvalue weighted by Crippen LogP contribution is -2.63. The average Bonchev–Trinajstić information content (AvgIpc) is 2.81. The molecule has 0 aromatic carbocycles. The summed E-state index contributed by atoms with van der Waals surface area (Å²) in [5.74, 6) is -1.12. The lowest BCUT2D eigenvalue weighted by molar-refractivity contribution is -0.284. The molecule has 0 saturated carbocycles. The van der Waals surface area contributed by atoms with Crippen molar-refractivity contribution in [2.24, 2.45) is 0 Å². The number of ether oxygens (including phenoxy) is 8. The Kier molecular flexibility index (Phi) is 12.5. The van der Waals surface area contributed by atoms with Crippen LogP contribution in [0.15, 0.2) is 50.6 Å². The van der Waals surface area contributed by atoms with Gasteiger partial charge in [0.25, 0.3) is 0 Å². The normalized spacial score (nSPS) is 23.3. The third kappa shape index (κ3) is 8.96. The highest BCUT2D eigenvalue weighted by Crippen LogP contribution is 2.29. The van der Waals surface area contributed by atoms with E-state index >= 15 is 0 Å². The summed E-state index contributed by atoms with van der Waals surface area (Å²) in [5.41, 5.74) is 0. The Morgan fingerprint density at radius 2 is 1.03 bits per heavy atom. The Balaban J connectivity index is 3.31. The van der Waals surface area contributed by atoms with E-state index in [1.807, 2.05) is 0 Å². The van der Waals surface area contributed by atoms with Crippen molar-refractivity contribution in [2.75, 3.05) is 26.4 Å². The first kappa shape index (κ1) is 28.2. The number of carbonyl (C=O) groups excluding carboxylic acids is 4. The van der Waals surface area contributed by atoms with Gasteiger partial charge in [0.15, 0.2) is 30.7 Å². The van der Waals surface area contributed by atoms with E-state index < -0.39 is 55.1 Å². The zero-order chi connectivity index (χ0) is 25.5. The monoisotopic (exact) mass is 486 g/mol. The largest absolute Gasteiger partial charge is 0.509 e. The molecule has 1 rings (SSSR count). The standard InChI is InChI=1S/C21H26O13/c1-5-9-27-17(22)15-13(32-19(24)28-10-6-2)14(33-20(25)29-11-7-3)16(18(23)31-15)34-21(26)30-12-8-4/h5-8,13-16,18,23H,1-4,9-12H2/t13-,14-,15-,16+,18?/m0/s1. The first-order chi connectivity index (χ1) is 16.3. The molecular weight excluding hydrogens is 460 g/mol. The van der Waals surface area contributed by atoms with Crippen molar-refractivity contribution in [3.63, 3.8) is 0 Å². The van der Waals surface area contributed by atoms with Crippen LogP contribution in [0.5, 0.6) is 0 Å². The molecule has 1 aliphatic heterocycles. The molecule has 188 valence electrons. The van der Waals surface area contributed by atoms with Crippen molar-refractivity contribution >= 4 is 24.4 Å². The Bertz CT molecular complexity index is 762. The van der Waals surface area contributed by atoms with Gasteiger partial charge in [-0.3, -0.25) is 0 Å². The number of hydrogen-bond acceptors (Lipinski definition) is 13. The maximum atomic E-state index is 12.5. The fraction of sp³-hybridized carbons (Fsp3) is 0.429. The van der Waals surface area contributed by atoms with Gasteiger partial charge in [0, 0.05) is 0 Å². The predicted molar refractivity (Wildman–Crippen MR) is 111 cm³/mol. The predicted octanol–water partition coefficient (Wildman–Crippen LogP) is 1.56. The van der Waals surface area contributed by atoms with Crippen LogP contribution >= 0.6 is 0 Å². The molecule has 1 saturated heterocycles. The van der Waals surface area contributed by atoms with Gasteiger partial charge in [0.05, 0.1) is 0 Å². The van der Waals surface area contributed by atoms with Crippen molar-refractivity contribution in [3.05, 3.63) is 50.6 Å². The molecule has 13 nitrogen and oxygen atoms in total. The molecule has 13 heteroatoms. The van der Waals surface area contributed by atoms with Gasteiger partial charge in [0.2, 0.25) is 0 Å². The molecule has 0 radical (unpaired) electrons. The molecule has 0 bridgehead atoms. The maximum Gasteiger partial charge on any atom is 0.509 e. The number of carbonyl (C=O) groups is 4. The van der Waals surface area contributed by atoms with Crippen molar-refractivity contribution in [1.29, 1.82) is 0 Å². The highest BCUT2D eigenvalue weighted by molar-refractivity contribution is 5.77. The molecule has 0 spiro atoms. The van der Waals surface area contributed by atoms with Gasteiger partial charge in [0.1, 0.15) is 26.4 Å². The summed E-state index contributed by atoms with van der Waals surface area (Å²) in [4.78, 5) is 48.7. The lowest BCUT2D eigenvalue weighted by Gasteiger charge is -2.41. The molecule has 1 N–H and O–H groups in total. The molecule has 1 fully saturated rings. The van der Waals surface area contributed by atoms with E-state index in [4.69, 9.17) is 33.2 Å². The zero-order valence-electron chi connectivity index (χ0n) is 18.2. The number of hydrogen-bond donors (Lipinski definition) is 1. The lowest BCUT2D eigenvalue weighted by atomic mass is 9.98. The van der Waals surface area contributed by atoms with Crippen LogP contribution in [-0.2, 0) is 42.7 Å². The van der Waals surface area contributed by atoms with E-state index in [1.54, 1.807) is 0 Å². The van der Waals surface area contributed by atoms with Gasteiger partial charge in [-0.05, 0) is 0 Å². The second-order valence-electron chi connectivity index (χ2n) is 6.16. The van der Waals surface area contributed by atoms with Crippen LogP contribution in [0, 0.1) is 0 Å². The Labute approximate surface area is 195 Å². The number of aliphatic hydroxyl groups is 1. The second kappa shape index (κ2) is 15.1. The molecule has 34 heavy (non-hydrogen) atoms. The van der Waals surface area contributed by atoms with E-state index in [0.29, 0.717) is 0 Å². The highest BCUT2D eigenvalue weighted by atomic mass is 16.8. The number of rotatable bonds is 12. The van der Waals surface area contributed by atoms with E-state index in [1.165, 1.54) is 24.3 Å². The summed E-state index contributed by atoms with van der Waals surface area (Å²) in [6.07, 6.45) is -8.43.